The Morgan fingerprint density at radius 1 is 0.743 bits per heavy atom. The summed E-state index contributed by atoms with van der Waals surface area (Å²) in [5, 5.41) is 12.7. The molecule has 4 heteroatoms. The third-order valence-corrected chi connectivity index (χ3v) is 6.73. The SMILES string of the molecule is CCN(CC)C(C)Oc1ccc(C(O)(c2ccccc2)C(c2ccccc2)c2ccncc2)cc1. The van der Waals surface area contributed by atoms with Crippen molar-refractivity contribution >= 4 is 0 Å². The molecule has 3 unspecified atom stereocenters. The lowest BCUT2D eigenvalue weighted by atomic mass is 9.70. The van der Waals surface area contributed by atoms with Crippen molar-refractivity contribution in [2.24, 2.45) is 0 Å². The standard InChI is InChI=1S/C31H34N2O2/c1-4-33(5-2)24(3)35-29-18-16-28(17-19-29)31(34,27-14-10-7-11-15-27)30(25-12-8-6-9-13-25)26-20-22-32-23-21-26/h6-24,30,34H,4-5H2,1-3H3. The largest absolute Gasteiger partial charge is 0.475 e. The Kier molecular flexibility index (Phi) is 7.96. The first-order chi connectivity index (χ1) is 17.1. The van der Waals surface area contributed by atoms with Crippen LogP contribution in [0, 0.1) is 0 Å². The van der Waals surface area contributed by atoms with E-state index < -0.39 is 5.60 Å². The molecule has 3 aromatic carbocycles. The molecule has 0 aliphatic heterocycles. The number of hydrogen-bond donors (Lipinski definition) is 1. The molecule has 4 rings (SSSR count). The highest BCUT2D eigenvalue weighted by atomic mass is 16.5. The molecule has 0 fully saturated rings. The van der Waals surface area contributed by atoms with E-state index in [1.54, 1.807) is 12.4 Å². The first-order valence-corrected chi connectivity index (χ1v) is 12.3. The minimum atomic E-state index is -1.31. The van der Waals surface area contributed by atoms with E-state index in [-0.39, 0.29) is 12.1 Å². The molecule has 0 aliphatic carbocycles. The highest BCUT2D eigenvalue weighted by Gasteiger charge is 2.42. The molecule has 1 N–H and O–H groups in total. The third kappa shape index (κ3) is 5.29. The lowest BCUT2D eigenvalue weighted by Gasteiger charge is -2.38. The molecule has 4 aromatic rings. The molecule has 1 heterocycles. The van der Waals surface area contributed by atoms with Crippen LogP contribution >= 0.6 is 0 Å². The van der Waals surface area contributed by atoms with E-state index in [1.807, 2.05) is 84.9 Å². The molecular weight excluding hydrogens is 432 g/mol. The zero-order valence-corrected chi connectivity index (χ0v) is 20.7. The number of aliphatic hydroxyl groups is 1. The Hall–Kier alpha value is -3.47. The van der Waals surface area contributed by atoms with E-state index in [9.17, 15) is 5.11 Å². The van der Waals surface area contributed by atoms with Crippen molar-refractivity contribution in [3.05, 3.63) is 132 Å². The maximum Gasteiger partial charge on any atom is 0.149 e. The van der Waals surface area contributed by atoms with Crippen molar-refractivity contribution in [3.63, 3.8) is 0 Å². The summed E-state index contributed by atoms with van der Waals surface area (Å²) in [6.07, 6.45) is 3.53. The molecule has 0 spiro atoms. The average molecular weight is 467 g/mol. The van der Waals surface area contributed by atoms with Gasteiger partial charge in [0, 0.05) is 18.3 Å². The van der Waals surface area contributed by atoms with Gasteiger partial charge in [0.15, 0.2) is 0 Å². The molecule has 180 valence electrons. The smallest absolute Gasteiger partial charge is 0.149 e. The Bertz CT molecular complexity index is 1120. The van der Waals surface area contributed by atoms with Crippen molar-refractivity contribution in [3.8, 4) is 5.75 Å². The van der Waals surface area contributed by atoms with Crippen LogP contribution in [0.25, 0.3) is 0 Å². The van der Waals surface area contributed by atoms with Gasteiger partial charge in [0.25, 0.3) is 0 Å². The van der Waals surface area contributed by atoms with E-state index in [0.29, 0.717) is 0 Å². The van der Waals surface area contributed by atoms with Crippen LogP contribution in [-0.2, 0) is 5.60 Å². The fraction of sp³-hybridized carbons (Fsp3) is 0.258. The molecular formula is C31H34N2O2. The highest BCUT2D eigenvalue weighted by Crippen LogP contribution is 2.46. The number of ether oxygens (including phenoxy) is 1. The second-order valence-electron chi connectivity index (χ2n) is 8.72. The fourth-order valence-corrected chi connectivity index (χ4v) is 4.87. The van der Waals surface area contributed by atoms with E-state index in [4.69, 9.17) is 4.74 Å². The van der Waals surface area contributed by atoms with Gasteiger partial charge in [-0.15, -0.1) is 0 Å². The molecule has 0 saturated heterocycles. The van der Waals surface area contributed by atoms with Crippen LogP contribution in [-0.4, -0.2) is 34.3 Å². The molecule has 3 atom stereocenters. The summed E-state index contributed by atoms with van der Waals surface area (Å²) in [4.78, 5) is 6.47. The minimum absolute atomic E-state index is 0.0299. The molecule has 0 aliphatic rings. The van der Waals surface area contributed by atoms with Crippen LogP contribution in [0.15, 0.2) is 109 Å². The zero-order valence-electron chi connectivity index (χ0n) is 20.7. The van der Waals surface area contributed by atoms with Gasteiger partial charge >= 0.3 is 0 Å². The summed E-state index contributed by atoms with van der Waals surface area (Å²) in [5.41, 5.74) is 2.34. The van der Waals surface area contributed by atoms with Crippen LogP contribution in [0.1, 0.15) is 48.9 Å². The quantitative estimate of drug-likeness (QED) is 0.282. The lowest BCUT2D eigenvalue weighted by molar-refractivity contribution is 0.0475. The Morgan fingerprint density at radius 2 is 1.26 bits per heavy atom. The number of aromatic nitrogens is 1. The topological polar surface area (TPSA) is 45.6 Å². The van der Waals surface area contributed by atoms with E-state index in [1.165, 1.54) is 0 Å². The van der Waals surface area contributed by atoms with Gasteiger partial charge in [0.1, 0.15) is 17.6 Å². The van der Waals surface area contributed by atoms with Gasteiger partial charge in [-0.05, 0) is 66.5 Å². The fourth-order valence-electron chi connectivity index (χ4n) is 4.87. The van der Waals surface area contributed by atoms with Crippen LogP contribution in [0.5, 0.6) is 5.75 Å². The Morgan fingerprint density at radius 3 is 1.83 bits per heavy atom. The average Bonchev–Trinajstić information content (AvgIpc) is 2.91. The number of pyridine rings is 1. The molecule has 4 nitrogen and oxygen atoms in total. The van der Waals surface area contributed by atoms with Crippen molar-refractivity contribution in [2.45, 2.75) is 38.5 Å². The first-order valence-electron chi connectivity index (χ1n) is 12.3. The van der Waals surface area contributed by atoms with Crippen LogP contribution < -0.4 is 4.74 Å². The van der Waals surface area contributed by atoms with Gasteiger partial charge in [-0.1, -0.05) is 86.6 Å². The van der Waals surface area contributed by atoms with Crippen LogP contribution in [0.3, 0.4) is 0 Å². The van der Waals surface area contributed by atoms with E-state index >= 15 is 0 Å². The molecule has 35 heavy (non-hydrogen) atoms. The van der Waals surface area contributed by atoms with Gasteiger partial charge in [-0.2, -0.15) is 0 Å². The normalized spacial score (nSPS) is 14.8. The number of benzene rings is 3. The monoisotopic (exact) mass is 466 g/mol. The Labute approximate surface area is 208 Å². The first kappa shape index (κ1) is 24.6. The zero-order chi connectivity index (χ0) is 24.7. The van der Waals surface area contributed by atoms with Crippen molar-refractivity contribution < 1.29 is 9.84 Å². The maximum absolute atomic E-state index is 12.7. The lowest BCUT2D eigenvalue weighted by Crippen LogP contribution is -2.37. The highest BCUT2D eigenvalue weighted by molar-refractivity contribution is 5.48. The summed E-state index contributed by atoms with van der Waals surface area (Å²) < 4.78 is 6.20. The predicted octanol–water partition coefficient (Wildman–Crippen LogP) is 6.22. The molecule has 0 radical (unpaired) electrons. The second-order valence-corrected chi connectivity index (χ2v) is 8.72. The minimum Gasteiger partial charge on any atom is -0.475 e. The predicted molar refractivity (Wildman–Crippen MR) is 141 cm³/mol. The van der Waals surface area contributed by atoms with Gasteiger partial charge in [-0.25, -0.2) is 0 Å². The van der Waals surface area contributed by atoms with Gasteiger partial charge in [-0.3, -0.25) is 9.88 Å². The Balaban J connectivity index is 1.81. The number of nitrogens with zero attached hydrogens (tertiary/aromatic N) is 2. The van der Waals surface area contributed by atoms with Crippen LogP contribution in [0.4, 0.5) is 0 Å². The summed E-state index contributed by atoms with van der Waals surface area (Å²) in [5.74, 6) is 0.444. The number of rotatable bonds is 10. The molecule has 1 aromatic heterocycles. The number of hydrogen-bond acceptors (Lipinski definition) is 4. The summed E-state index contributed by atoms with van der Waals surface area (Å²) in [6.45, 7) is 8.18. The molecule has 0 saturated carbocycles. The van der Waals surface area contributed by atoms with Crippen LogP contribution in [0.2, 0.25) is 0 Å². The van der Waals surface area contributed by atoms with Crippen molar-refractivity contribution in [2.75, 3.05) is 13.1 Å². The van der Waals surface area contributed by atoms with E-state index in [0.717, 1.165) is 41.1 Å². The maximum atomic E-state index is 12.7. The summed E-state index contributed by atoms with van der Waals surface area (Å²) in [7, 11) is 0. The third-order valence-electron chi connectivity index (χ3n) is 6.73. The second kappa shape index (κ2) is 11.3. The summed E-state index contributed by atoms with van der Waals surface area (Å²) >= 11 is 0. The molecule has 0 amide bonds. The van der Waals surface area contributed by atoms with Gasteiger partial charge < -0.3 is 9.84 Å². The van der Waals surface area contributed by atoms with Crippen molar-refractivity contribution in [1.29, 1.82) is 0 Å². The van der Waals surface area contributed by atoms with E-state index in [2.05, 4.69) is 42.8 Å². The summed E-state index contributed by atoms with van der Waals surface area (Å²) in [6, 6.07) is 31.9. The van der Waals surface area contributed by atoms with Gasteiger partial charge in [0.2, 0.25) is 0 Å². The van der Waals surface area contributed by atoms with Gasteiger partial charge in [0.05, 0.1) is 0 Å². The molecule has 0 bridgehead atoms. The van der Waals surface area contributed by atoms with Crippen molar-refractivity contribution in [1.82, 2.24) is 9.88 Å².